The van der Waals surface area contributed by atoms with Gasteiger partial charge < -0.3 is 9.47 Å². The zero-order valence-electron chi connectivity index (χ0n) is 8.72. The summed E-state index contributed by atoms with van der Waals surface area (Å²) in [6.45, 7) is 12.6. The van der Waals surface area contributed by atoms with Gasteiger partial charge in [0.05, 0.1) is 5.60 Å². The molecule has 0 aliphatic heterocycles. The number of ether oxygens (including phenoxy) is 2. The maximum Gasteiger partial charge on any atom is 0.158 e. The summed E-state index contributed by atoms with van der Waals surface area (Å²) in [6.07, 6.45) is 1.87. The summed E-state index contributed by atoms with van der Waals surface area (Å²) in [6, 6.07) is 0. The van der Waals surface area contributed by atoms with Gasteiger partial charge in [0.1, 0.15) is 0 Å². The predicted molar refractivity (Wildman–Crippen MR) is 50.8 cm³/mol. The molecular weight excluding hydrogens is 152 g/mol. The molecule has 2 nitrogen and oxygen atoms in total. The van der Waals surface area contributed by atoms with E-state index >= 15 is 0 Å². The summed E-state index contributed by atoms with van der Waals surface area (Å²) in [7, 11) is 0. The normalized spacial score (nSPS) is 14.8. The van der Waals surface area contributed by atoms with Gasteiger partial charge in [0.2, 0.25) is 0 Å². The smallest absolute Gasteiger partial charge is 0.158 e. The van der Waals surface area contributed by atoms with Crippen molar-refractivity contribution in [2.75, 3.05) is 6.61 Å². The van der Waals surface area contributed by atoms with Crippen LogP contribution in [-0.2, 0) is 9.47 Å². The molecule has 0 aliphatic rings. The van der Waals surface area contributed by atoms with E-state index < -0.39 is 0 Å². The Bertz CT molecular complexity index is 105. The predicted octanol–water partition coefficient (Wildman–Crippen LogP) is 2.78. The zero-order chi connectivity index (χ0) is 9.61. The van der Waals surface area contributed by atoms with Crippen molar-refractivity contribution in [3.63, 3.8) is 0 Å². The lowest BCUT2D eigenvalue weighted by molar-refractivity contribution is -0.170. The monoisotopic (exact) mass is 173 g/mol. The van der Waals surface area contributed by atoms with Gasteiger partial charge in [-0.25, -0.2) is 0 Å². The molecule has 0 aromatic rings. The number of unbranched alkanes of at least 4 members (excludes halogenated alkanes) is 1. The lowest BCUT2D eigenvalue weighted by atomic mass is 10.2. The van der Waals surface area contributed by atoms with Crippen LogP contribution in [0.5, 0.6) is 0 Å². The van der Waals surface area contributed by atoms with Crippen molar-refractivity contribution >= 4 is 0 Å². The van der Waals surface area contributed by atoms with Gasteiger partial charge in [0.25, 0.3) is 0 Å². The minimum Gasteiger partial charge on any atom is -0.353 e. The Hall–Kier alpha value is -0.0800. The molecule has 0 saturated heterocycles. The molecule has 2 heteroatoms. The average Bonchev–Trinajstić information content (AvgIpc) is 1.84. The maximum atomic E-state index is 5.45. The molecule has 73 valence electrons. The molecule has 0 saturated carbocycles. The van der Waals surface area contributed by atoms with Gasteiger partial charge in [-0.1, -0.05) is 13.3 Å². The molecule has 0 heterocycles. The van der Waals surface area contributed by atoms with Crippen LogP contribution in [0, 0.1) is 6.92 Å². The van der Waals surface area contributed by atoms with Crippen LogP contribution in [0.4, 0.5) is 0 Å². The number of rotatable bonds is 5. The molecule has 0 rings (SSSR count). The molecule has 0 aromatic heterocycles. The lowest BCUT2D eigenvalue weighted by Gasteiger charge is -2.24. The lowest BCUT2D eigenvalue weighted by Crippen LogP contribution is -2.27. The van der Waals surface area contributed by atoms with E-state index in [4.69, 9.17) is 9.47 Å². The largest absolute Gasteiger partial charge is 0.353 e. The number of hydrogen-bond acceptors (Lipinski definition) is 2. The molecule has 1 radical (unpaired) electrons. The van der Waals surface area contributed by atoms with Gasteiger partial charge in [-0.05, 0) is 27.2 Å². The van der Waals surface area contributed by atoms with Crippen LogP contribution >= 0.6 is 0 Å². The van der Waals surface area contributed by atoms with E-state index in [2.05, 4.69) is 13.8 Å². The maximum absolute atomic E-state index is 5.45. The van der Waals surface area contributed by atoms with Crippen LogP contribution in [0.2, 0.25) is 0 Å². The van der Waals surface area contributed by atoms with Gasteiger partial charge in [-0.3, -0.25) is 0 Å². The minimum absolute atomic E-state index is 0.168. The molecule has 0 spiro atoms. The van der Waals surface area contributed by atoms with E-state index in [1.54, 1.807) is 0 Å². The summed E-state index contributed by atoms with van der Waals surface area (Å²) in [5.41, 5.74) is -0.168. The molecule has 0 amide bonds. The van der Waals surface area contributed by atoms with Crippen LogP contribution in [0.25, 0.3) is 0 Å². The summed E-state index contributed by atoms with van der Waals surface area (Å²) in [4.78, 5) is 0. The summed E-state index contributed by atoms with van der Waals surface area (Å²) in [5.74, 6) is 0. The highest BCUT2D eigenvalue weighted by molar-refractivity contribution is 4.61. The van der Waals surface area contributed by atoms with Crippen molar-refractivity contribution in [2.24, 2.45) is 0 Å². The van der Waals surface area contributed by atoms with Crippen LogP contribution in [0.3, 0.4) is 0 Å². The molecule has 0 aliphatic carbocycles. The molecule has 1 atom stereocenters. The Labute approximate surface area is 76.3 Å². The molecule has 1 unspecified atom stereocenters. The van der Waals surface area contributed by atoms with E-state index in [1.165, 1.54) is 0 Å². The third kappa shape index (κ3) is 8.02. The van der Waals surface area contributed by atoms with Crippen molar-refractivity contribution in [3.05, 3.63) is 6.92 Å². The SMILES string of the molecule is [CH2]C(OCCCC)OC(C)(C)C. The molecule has 0 N–H and O–H groups in total. The van der Waals surface area contributed by atoms with Crippen LogP contribution in [-0.4, -0.2) is 18.5 Å². The van der Waals surface area contributed by atoms with Crippen LogP contribution < -0.4 is 0 Å². The summed E-state index contributed by atoms with van der Waals surface area (Å²) < 4.78 is 10.8. The first kappa shape index (κ1) is 11.9. The van der Waals surface area contributed by atoms with Crippen molar-refractivity contribution in [3.8, 4) is 0 Å². The van der Waals surface area contributed by atoms with E-state index in [0.29, 0.717) is 0 Å². The molecular formula is C10H21O2. The standard InChI is InChI=1S/C10H21O2/c1-6-7-8-11-9(2)12-10(3,4)5/h9H,2,6-8H2,1,3-5H3. The number of hydrogen-bond donors (Lipinski definition) is 0. The molecule has 12 heavy (non-hydrogen) atoms. The molecule has 0 aromatic carbocycles. The van der Waals surface area contributed by atoms with Crippen LogP contribution in [0.15, 0.2) is 0 Å². The Morgan fingerprint density at radius 1 is 1.33 bits per heavy atom. The quantitative estimate of drug-likeness (QED) is 0.470. The van der Waals surface area contributed by atoms with Gasteiger partial charge in [-0.15, -0.1) is 0 Å². The van der Waals surface area contributed by atoms with Crippen LogP contribution in [0.1, 0.15) is 40.5 Å². The Kier molecular flexibility index (Phi) is 5.51. The highest BCUT2D eigenvalue weighted by Crippen LogP contribution is 2.11. The zero-order valence-corrected chi connectivity index (χ0v) is 8.72. The third-order valence-electron chi connectivity index (χ3n) is 1.29. The van der Waals surface area contributed by atoms with Crippen molar-refractivity contribution < 1.29 is 9.47 Å². The fourth-order valence-corrected chi connectivity index (χ4v) is 0.787. The third-order valence-corrected chi connectivity index (χ3v) is 1.29. The first-order valence-corrected chi connectivity index (χ1v) is 4.58. The van der Waals surface area contributed by atoms with E-state index in [1.807, 2.05) is 20.8 Å². The average molecular weight is 173 g/mol. The van der Waals surface area contributed by atoms with E-state index in [0.717, 1.165) is 19.4 Å². The molecule has 0 bridgehead atoms. The van der Waals surface area contributed by atoms with Gasteiger partial charge in [0.15, 0.2) is 6.29 Å². The van der Waals surface area contributed by atoms with Gasteiger partial charge in [0, 0.05) is 13.5 Å². The van der Waals surface area contributed by atoms with Gasteiger partial charge >= 0.3 is 0 Å². The second-order valence-electron chi connectivity index (χ2n) is 3.88. The second kappa shape index (κ2) is 5.55. The first-order valence-electron chi connectivity index (χ1n) is 4.58. The van der Waals surface area contributed by atoms with Crippen molar-refractivity contribution in [2.45, 2.75) is 52.4 Å². The Morgan fingerprint density at radius 3 is 2.33 bits per heavy atom. The fraction of sp³-hybridized carbons (Fsp3) is 0.900. The van der Waals surface area contributed by atoms with Gasteiger partial charge in [-0.2, -0.15) is 0 Å². The Balaban J connectivity index is 3.40. The molecule has 0 fully saturated rings. The fourth-order valence-electron chi connectivity index (χ4n) is 0.787. The Morgan fingerprint density at radius 2 is 1.92 bits per heavy atom. The highest BCUT2D eigenvalue weighted by Gasteiger charge is 2.14. The van der Waals surface area contributed by atoms with E-state index in [-0.39, 0.29) is 11.9 Å². The highest BCUT2D eigenvalue weighted by atomic mass is 16.7. The van der Waals surface area contributed by atoms with Crippen molar-refractivity contribution in [1.29, 1.82) is 0 Å². The summed E-state index contributed by atoms with van der Waals surface area (Å²) in [5, 5.41) is 0. The topological polar surface area (TPSA) is 18.5 Å². The minimum atomic E-state index is -0.337. The van der Waals surface area contributed by atoms with E-state index in [9.17, 15) is 0 Å². The second-order valence-corrected chi connectivity index (χ2v) is 3.88. The first-order chi connectivity index (χ1) is 5.45. The summed E-state index contributed by atoms with van der Waals surface area (Å²) >= 11 is 0. The van der Waals surface area contributed by atoms with Crippen molar-refractivity contribution in [1.82, 2.24) is 0 Å².